The van der Waals surface area contributed by atoms with Crippen LogP contribution in [0, 0.1) is 0 Å². The van der Waals surface area contributed by atoms with Crippen molar-refractivity contribution >= 4 is 71.1 Å². The van der Waals surface area contributed by atoms with Crippen LogP contribution in [0.4, 0.5) is 0 Å². The molecule has 0 unspecified atom stereocenters. The first-order valence-corrected chi connectivity index (χ1v) is 17.2. The topological polar surface area (TPSA) is 54.4 Å². The zero-order chi connectivity index (χ0) is 29.4. The maximum atomic E-state index is 8.59. The molecule has 43 heavy (non-hydrogen) atoms. The Labute approximate surface area is 265 Å². The molecule has 6 rings (SSSR count). The lowest BCUT2D eigenvalue weighted by Gasteiger charge is -2.18. The Bertz CT molecular complexity index is 1340. The second-order valence-electron chi connectivity index (χ2n) is 8.92. The van der Waals surface area contributed by atoms with Gasteiger partial charge in [0.2, 0.25) is 0 Å². The minimum absolute atomic E-state index is 0. The molecule has 0 radical (unpaired) electrons. The molecule has 3 nitrogen and oxygen atoms in total. The monoisotopic (exact) mass is 642 g/mol. The normalized spacial score (nSPS) is 10.1. The first-order chi connectivity index (χ1) is 20.6. The molecule has 0 aliphatic heterocycles. The fraction of sp³-hybridized carbons (Fsp3) is 0. The molecule has 6 aromatic rings. The summed E-state index contributed by atoms with van der Waals surface area (Å²) in [6.07, 6.45) is 0. The van der Waals surface area contributed by atoms with Crippen molar-refractivity contribution in [1.29, 1.82) is 0 Å². The lowest BCUT2D eigenvalue weighted by atomic mass is 10.4. The number of halogens is 1. The molecular weight excluding hydrogens is 610 g/mol. The standard InChI is InChI=1S/2C18H15P.ClH.H2O3S/c2*1-4-10-16(11-5-1)19(17-12-6-2-7-13-17)18-14-8-3-9-15-18;;1-4(2)3/h2*1-15H;1H;4H,(H,1,2,3). The van der Waals surface area contributed by atoms with Crippen LogP contribution < -0.4 is 31.8 Å². The Balaban J connectivity index is 0.000000206. The molecule has 6 aromatic carbocycles. The van der Waals surface area contributed by atoms with Gasteiger partial charge in [-0.15, -0.1) is 12.4 Å². The molecule has 0 aliphatic carbocycles. The van der Waals surface area contributed by atoms with Gasteiger partial charge in [0.25, 0.3) is 11.0 Å². The van der Waals surface area contributed by atoms with Gasteiger partial charge >= 0.3 is 0 Å². The summed E-state index contributed by atoms with van der Waals surface area (Å²) in [5.41, 5.74) is 0. The molecule has 0 atom stereocenters. The zero-order valence-electron chi connectivity index (χ0n) is 23.3. The van der Waals surface area contributed by atoms with Crippen molar-refractivity contribution in [3.63, 3.8) is 0 Å². The fourth-order valence-corrected chi connectivity index (χ4v) is 8.97. The Hall–Kier alpha value is -3.62. The Morgan fingerprint density at radius 3 is 0.558 bits per heavy atom. The largest absolute Gasteiger partial charge is 0.288 e. The summed E-state index contributed by atoms with van der Waals surface area (Å²) in [7, 11) is -4.01. The van der Waals surface area contributed by atoms with E-state index < -0.39 is 26.8 Å². The van der Waals surface area contributed by atoms with Crippen molar-refractivity contribution in [2.24, 2.45) is 0 Å². The molecule has 0 fully saturated rings. The molecule has 218 valence electrons. The van der Waals surface area contributed by atoms with Gasteiger partial charge in [-0.3, -0.25) is 4.55 Å². The number of hydrogen-bond acceptors (Lipinski definition) is 2. The quantitative estimate of drug-likeness (QED) is 0.126. The maximum Gasteiger partial charge on any atom is 0.254 e. The van der Waals surface area contributed by atoms with Crippen molar-refractivity contribution in [1.82, 2.24) is 0 Å². The highest BCUT2D eigenvalue weighted by Crippen LogP contribution is 2.33. The smallest absolute Gasteiger partial charge is 0.254 e. The molecule has 0 heterocycles. The van der Waals surface area contributed by atoms with Gasteiger partial charge in [-0.1, -0.05) is 182 Å². The fourth-order valence-electron chi connectivity index (χ4n) is 4.36. The molecule has 7 heteroatoms. The van der Waals surface area contributed by atoms with E-state index in [0.29, 0.717) is 0 Å². The van der Waals surface area contributed by atoms with Crippen LogP contribution in [-0.2, 0) is 11.0 Å². The van der Waals surface area contributed by atoms with Crippen molar-refractivity contribution in [2.45, 2.75) is 0 Å². The summed E-state index contributed by atoms with van der Waals surface area (Å²) in [6, 6.07) is 64.7. The minimum Gasteiger partial charge on any atom is -0.288 e. The molecule has 0 saturated heterocycles. The summed E-state index contributed by atoms with van der Waals surface area (Å²) < 4.78 is 24.2. The van der Waals surface area contributed by atoms with Crippen LogP contribution in [0.5, 0.6) is 0 Å². The van der Waals surface area contributed by atoms with Crippen LogP contribution in [0.3, 0.4) is 0 Å². The van der Waals surface area contributed by atoms with Crippen LogP contribution in [-0.4, -0.2) is 13.0 Å². The summed E-state index contributed by atoms with van der Waals surface area (Å²) in [5.74, 6) is 0. The average Bonchev–Trinajstić information content (AvgIpc) is 3.05. The van der Waals surface area contributed by atoms with Crippen LogP contribution in [0.2, 0.25) is 0 Å². The summed E-state index contributed by atoms with van der Waals surface area (Å²) >= 11 is 0. The highest BCUT2D eigenvalue weighted by atomic mass is 35.5. The van der Waals surface area contributed by atoms with Crippen molar-refractivity contribution < 1.29 is 13.0 Å². The average molecular weight is 643 g/mol. The number of hydrogen-bond donors (Lipinski definition) is 2. The van der Waals surface area contributed by atoms with Gasteiger partial charge in [0.05, 0.1) is 0 Å². The molecule has 1 N–H and O–H groups in total. The number of thiol groups is 1. The van der Waals surface area contributed by atoms with E-state index in [4.69, 9.17) is 13.0 Å². The zero-order valence-corrected chi connectivity index (χ0v) is 26.8. The molecule has 0 spiro atoms. The van der Waals surface area contributed by atoms with Gasteiger partial charge in [-0.2, -0.15) is 0 Å². The van der Waals surface area contributed by atoms with Gasteiger partial charge in [0.15, 0.2) is 0 Å². The van der Waals surface area contributed by atoms with E-state index in [2.05, 4.69) is 182 Å². The van der Waals surface area contributed by atoms with Gasteiger partial charge in [0.1, 0.15) is 0 Å². The van der Waals surface area contributed by atoms with Gasteiger partial charge in [0, 0.05) is 0 Å². The first-order valence-electron chi connectivity index (χ1n) is 13.4. The summed E-state index contributed by atoms with van der Waals surface area (Å²) in [5, 5.41) is 8.39. The lowest BCUT2D eigenvalue weighted by molar-refractivity contribution is 0.509. The van der Waals surface area contributed by atoms with Crippen LogP contribution in [0.25, 0.3) is 0 Å². The van der Waals surface area contributed by atoms with Crippen LogP contribution >= 0.6 is 28.3 Å². The van der Waals surface area contributed by atoms with E-state index in [9.17, 15) is 0 Å². The SMILES string of the molecule is Cl.O=[SH](=O)O.c1ccc(P(c2ccccc2)c2ccccc2)cc1.c1ccc(P(c2ccccc2)c2ccccc2)cc1. The van der Waals surface area contributed by atoms with Gasteiger partial charge < -0.3 is 0 Å². The van der Waals surface area contributed by atoms with Gasteiger partial charge in [-0.25, -0.2) is 8.42 Å². The minimum atomic E-state index is -3.12. The third kappa shape index (κ3) is 10.9. The molecule has 0 saturated carbocycles. The molecule has 0 bridgehead atoms. The van der Waals surface area contributed by atoms with E-state index in [1.54, 1.807) is 0 Å². The second-order valence-corrected chi connectivity index (χ2v) is 13.8. The van der Waals surface area contributed by atoms with E-state index in [1.807, 2.05) is 0 Å². The molecule has 0 amide bonds. The third-order valence-electron chi connectivity index (χ3n) is 6.09. The second kappa shape index (κ2) is 18.8. The van der Waals surface area contributed by atoms with Crippen molar-refractivity contribution in [3.05, 3.63) is 182 Å². The van der Waals surface area contributed by atoms with Crippen molar-refractivity contribution in [3.8, 4) is 0 Å². The predicted octanol–water partition coefficient (Wildman–Crippen LogP) is 6.38. The Kier molecular flexibility index (Phi) is 14.8. The number of rotatable bonds is 6. The first kappa shape index (κ1) is 33.9. The summed E-state index contributed by atoms with van der Waals surface area (Å²) in [4.78, 5) is 0. The highest BCUT2D eigenvalue weighted by molar-refractivity contribution is 7.80. The van der Waals surface area contributed by atoms with E-state index in [0.717, 1.165) is 0 Å². The molecular formula is C36H33ClO3P2S. The van der Waals surface area contributed by atoms with Crippen LogP contribution in [0.15, 0.2) is 182 Å². The number of benzene rings is 6. The lowest BCUT2D eigenvalue weighted by Crippen LogP contribution is -2.20. The Morgan fingerprint density at radius 2 is 0.442 bits per heavy atom. The molecule has 0 aromatic heterocycles. The van der Waals surface area contributed by atoms with E-state index in [1.165, 1.54) is 31.8 Å². The summed E-state index contributed by atoms with van der Waals surface area (Å²) in [6.45, 7) is 0. The third-order valence-corrected chi connectivity index (χ3v) is 11.0. The van der Waals surface area contributed by atoms with Crippen LogP contribution in [0.1, 0.15) is 0 Å². The van der Waals surface area contributed by atoms with E-state index in [-0.39, 0.29) is 12.4 Å². The van der Waals surface area contributed by atoms with E-state index >= 15 is 0 Å². The van der Waals surface area contributed by atoms with Crippen molar-refractivity contribution in [2.75, 3.05) is 0 Å². The maximum absolute atomic E-state index is 8.59. The van der Waals surface area contributed by atoms with Gasteiger partial charge in [-0.05, 0) is 47.7 Å². The predicted molar refractivity (Wildman–Crippen MR) is 190 cm³/mol. The Morgan fingerprint density at radius 1 is 0.326 bits per heavy atom. The molecule has 0 aliphatic rings. The highest BCUT2D eigenvalue weighted by Gasteiger charge is 2.16.